The highest BCUT2D eigenvalue weighted by Crippen LogP contribution is 2.37. The molecule has 0 saturated carbocycles. The van der Waals surface area contributed by atoms with Gasteiger partial charge in [0.15, 0.2) is 12.6 Å². The Labute approximate surface area is 497 Å². The van der Waals surface area contributed by atoms with Crippen molar-refractivity contribution in [1.29, 1.82) is 10.5 Å². The van der Waals surface area contributed by atoms with Gasteiger partial charge in [0.25, 0.3) is 0 Å². The van der Waals surface area contributed by atoms with Crippen molar-refractivity contribution < 1.29 is 28.5 Å². The van der Waals surface area contributed by atoms with Crippen molar-refractivity contribution in [3.8, 4) is 57.4 Å². The van der Waals surface area contributed by atoms with Crippen molar-refractivity contribution in [3.63, 3.8) is 0 Å². The molecule has 0 fully saturated rings. The minimum Gasteiger partial charge on any atom is -0.488 e. The number of likely N-dealkylation sites (N-methyl/N-ethyl adjacent to an activating group) is 2. The molecule has 0 bridgehead atoms. The number of imidazole rings is 2. The maximum absolute atomic E-state index is 11.7. The van der Waals surface area contributed by atoms with E-state index in [9.17, 15) is 9.59 Å². The van der Waals surface area contributed by atoms with Gasteiger partial charge in [-0.1, -0.05) is 71.7 Å². The maximum atomic E-state index is 11.7. The van der Waals surface area contributed by atoms with Gasteiger partial charge in [-0.05, 0) is 135 Å². The number of aldehydes is 2. The van der Waals surface area contributed by atoms with Gasteiger partial charge >= 0.3 is 0 Å². The van der Waals surface area contributed by atoms with E-state index in [4.69, 9.17) is 52.7 Å². The molecule has 0 aliphatic carbocycles. The van der Waals surface area contributed by atoms with E-state index < -0.39 is 0 Å². The lowest BCUT2D eigenvalue weighted by Crippen LogP contribution is -2.17. The quantitative estimate of drug-likeness (QED) is 0.0583. The Morgan fingerprint density at radius 3 is 1.48 bits per heavy atom. The molecule has 18 heteroatoms. The number of fused-ring (bicyclic) bond motifs is 2. The first-order valence-electron chi connectivity index (χ1n) is 26.9. The summed E-state index contributed by atoms with van der Waals surface area (Å²) >= 11 is 12.9. The molecule has 4 aromatic heterocycles. The molecule has 0 saturated heterocycles. The van der Waals surface area contributed by atoms with Crippen molar-refractivity contribution >= 4 is 57.8 Å². The number of pyridine rings is 2. The third kappa shape index (κ3) is 14.4. The fraction of sp³-hybridized carbons (Fsp3) is 0.212. The van der Waals surface area contributed by atoms with Gasteiger partial charge in [0.05, 0.1) is 67.0 Å². The molecule has 0 N–H and O–H groups in total. The Morgan fingerprint density at radius 1 is 0.524 bits per heavy atom. The molecule has 10 aromatic rings. The highest BCUT2D eigenvalue weighted by atomic mass is 35.5. The number of hydrogen-bond donors (Lipinski definition) is 0. The van der Waals surface area contributed by atoms with E-state index in [0.717, 1.165) is 92.8 Å². The Morgan fingerprint density at radius 2 is 0.988 bits per heavy atom. The number of rotatable bonds is 22. The first-order chi connectivity index (χ1) is 40.7. The normalized spacial score (nSPS) is 11.0. The molecule has 10 rings (SSSR count). The molecule has 0 radical (unpaired) electrons. The lowest BCUT2D eigenvalue weighted by molar-refractivity contribution is 0.111. The molecule has 0 spiro atoms. The lowest BCUT2D eigenvalue weighted by Gasteiger charge is -2.16. The summed E-state index contributed by atoms with van der Waals surface area (Å²) in [5.74, 6) is 1.46. The van der Waals surface area contributed by atoms with E-state index in [-0.39, 0.29) is 26.4 Å². The average molecular weight is 1160 g/mol. The minimum atomic E-state index is 0.129. The van der Waals surface area contributed by atoms with Gasteiger partial charge in [-0.25, -0.2) is 9.97 Å². The van der Waals surface area contributed by atoms with Crippen molar-refractivity contribution in [3.05, 3.63) is 212 Å². The topological polar surface area (TPSA) is 187 Å². The zero-order chi connectivity index (χ0) is 59.3. The number of ether oxygens (including phenoxy) is 4. The van der Waals surface area contributed by atoms with Gasteiger partial charge in [0, 0.05) is 74.2 Å². The van der Waals surface area contributed by atoms with Crippen molar-refractivity contribution in [2.45, 2.75) is 53.4 Å². The van der Waals surface area contributed by atoms with Crippen molar-refractivity contribution in [1.82, 2.24) is 38.9 Å². The first-order valence-corrected chi connectivity index (χ1v) is 27.6. The Hall–Kier alpha value is -9.42. The highest BCUT2D eigenvalue weighted by Gasteiger charge is 2.17. The number of carbonyl (C=O) groups excluding carboxylic acids is 2. The number of nitriles is 2. The Bertz CT molecular complexity index is 4110. The minimum absolute atomic E-state index is 0.129. The van der Waals surface area contributed by atoms with Crippen molar-refractivity contribution in [2.75, 3.05) is 41.3 Å². The van der Waals surface area contributed by atoms with Crippen LogP contribution in [0.25, 0.3) is 44.3 Å². The molecular weight excluding hydrogens is 1100 g/mol. The fourth-order valence-corrected chi connectivity index (χ4v) is 9.83. The predicted molar refractivity (Wildman–Crippen MR) is 326 cm³/mol. The second-order valence-corrected chi connectivity index (χ2v) is 21.3. The molecule has 0 atom stereocenters. The zero-order valence-electron chi connectivity index (χ0n) is 47.3. The Kier molecular flexibility index (Phi) is 19.4. The third-order valence-corrected chi connectivity index (χ3v) is 14.7. The molecule has 424 valence electrons. The molecule has 84 heavy (non-hydrogen) atoms. The van der Waals surface area contributed by atoms with Gasteiger partial charge in [-0.3, -0.25) is 19.6 Å². The molecule has 4 heterocycles. The van der Waals surface area contributed by atoms with E-state index in [1.165, 1.54) is 24.5 Å². The van der Waals surface area contributed by atoms with Crippen LogP contribution in [0.1, 0.15) is 65.2 Å². The van der Waals surface area contributed by atoms with Crippen LogP contribution >= 0.6 is 23.2 Å². The van der Waals surface area contributed by atoms with Gasteiger partial charge in [0.2, 0.25) is 0 Å². The predicted octanol–water partition coefficient (Wildman–Crippen LogP) is 12.9. The van der Waals surface area contributed by atoms with Gasteiger partial charge in [-0.2, -0.15) is 10.5 Å². The smallest absolute Gasteiger partial charge is 0.153 e. The number of halogens is 2. The second-order valence-electron chi connectivity index (χ2n) is 20.5. The van der Waals surface area contributed by atoms with Crippen LogP contribution in [0.15, 0.2) is 147 Å². The molecule has 6 aromatic carbocycles. The summed E-state index contributed by atoms with van der Waals surface area (Å²) < 4.78 is 28.4. The van der Waals surface area contributed by atoms with Crippen LogP contribution in [0.4, 0.5) is 0 Å². The van der Waals surface area contributed by atoms with Crippen molar-refractivity contribution in [2.24, 2.45) is 0 Å². The van der Waals surface area contributed by atoms with Crippen LogP contribution in [0.5, 0.6) is 23.0 Å². The second kappa shape index (κ2) is 27.6. The summed E-state index contributed by atoms with van der Waals surface area (Å²) in [5.41, 5.74) is 15.6. The average Bonchev–Trinajstić information content (AvgIpc) is 4.32. The number of carbonyl (C=O) groups is 2. The largest absolute Gasteiger partial charge is 0.488 e. The molecule has 0 unspecified atom stereocenters. The van der Waals surface area contributed by atoms with Crippen LogP contribution in [0.2, 0.25) is 10.0 Å². The first kappa shape index (κ1) is 59.2. The van der Waals surface area contributed by atoms with E-state index >= 15 is 0 Å². The van der Waals surface area contributed by atoms with E-state index in [2.05, 4.69) is 142 Å². The van der Waals surface area contributed by atoms with Gasteiger partial charge in [0.1, 0.15) is 61.6 Å². The third-order valence-electron chi connectivity index (χ3n) is 14.1. The molecule has 0 amide bonds. The standard InChI is InChI=1S/2C33H30ClN5O3/c1-22-26(5-4-6-28(22)25-7-8-31-30(13-25)37-21-39(31)10-9-38(2)3)20-42-33-14-32(27(18-40)12-29(33)34)41-19-24-11-23(15-35)16-36-17-24;1-22-26(5-4-6-28(22)25-7-8-30-31(13-25)39(21-37-30)10-9-38(2)3)20-42-33-14-32(27(18-40)12-29(33)34)41-19-24-11-23(15-35)16-36-17-24/h2*4-8,11-14,16-18,21H,9-10,19-20H2,1-3H3. The SMILES string of the molecule is Cc1c(COc2cc(OCc3cncc(C#N)c3)c(C=O)cc2Cl)cccc1-c1ccc2c(c1)ncn2CCN(C)C.Cc1c(COc2cc(OCc3cncc(C#N)c3)c(C=O)cc2Cl)cccc1-c1ccc2ncn(CCN(C)C)c2c1. The summed E-state index contributed by atoms with van der Waals surface area (Å²) in [6.07, 6.45) is 11.3. The maximum Gasteiger partial charge on any atom is 0.153 e. The van der Waals surface area contributed by atoms with E-state index in [1.807, 2.05) is 36.9 Å². The number of nitrogens with zero attached hydrogens (tertiary/aromatic N) is 10. The monoisotopic (exact) mass is 1160 g/mol. The van der Waals surface area contributed by atoms with Crippen LogP contribution in [0.3, 0.4) is 0 Å². The van der Waals surface area contributed by atoms with Crippen LogP contribution in [-0.4, -0.2) is 92.7 Å². The van der Waals surface area contributed by atoms with E-state index in [1.54, 1.807) is 36.7 Å². The summed E-state index contributed by atoms with van der Waals surface area (Å²) in [6, 6.07) is 38.8. The molecule has 16 nitrogen and oxygen atoms in total. The fourth-order valence-electron chi connectivity index (χ4n) is 9.38. The van der Waals surface area contributed by atoms with Gasteiger partial charge in [-0.15, -0.1) is 0 Å². The highest BCUT2D eigenvalue weighted by molar-refractivity contribution is 6.32. The van der Waals surface area contributed by atoms with Crippen LogP contribution in [-0.2, 0) is 39.5 Å². The molecule has 0 aliphatic heterocycles. The van der Waals surface area contributed by atoms with Gasteiger partial charge < -0.3 is 37.9 Å². The molecule has 0 aliphatic rings. The number of hydrogen-bond acceptors (Lipinski definition) is 14. The molecular formula is C66H60Cl2N10O6. The zero-order valence-corrected chi connectivity index (χ0v) is 48.9. The Balaban J connectivity index is 0.000000202. The summed E-state index contributed by atoms with van der Waals surface area (Å²) in [6.45, 7) is 8.56. The lowest BCUT2D eigenvalue weighted by atomic mass is 9.96. The summed E-state index contributed by atoms with van der Waals surface area (Å²) in [7, 11) is 8.25. The van der Waals surface area contributed by atoms with Crippen LogP contribution < -0.4 is 18.9 Å². The number of aromatic nitrogens is 6. The summed E-state index contributed by atoms with van der Waals surface area (Å²) in [4.78, 5) is 45.0. The number of benzene rings is 6. The van der Waals surface area contributed by atoms with E-state index in [0.29, 0.717) is 79.0 Å². The summed E-state index contributed by atoms with van der Waals surface area (Å²) in [5, 5.41) is 18.8. The van der Waals surface area contributed by atoms with Crippen LogP contribution in [0, 0.1) is 36.5 Å².